The van der Waals surface area contributed by atoms with Crippen molar-refractivity contribution in [3.8, 4) is 17.2 Å². The van der Waals surface area contributed by atoms with E-state index in [1.54, 1.807) is 30.3 Å². The fraction of sp³-hybridized carbons (Fsp3) is 0.133. The number of benzene rings is 2. The second kappa shape index (κ2) is 5.70. The number of hydrogen-bond donors (Lipinski definition) is 0. The van der Waals surface area contributed by atoms with Crippen molar-refractivity contribution < 1.29 is 17.4 Å². The van der Waals surface area contributed by atoms with Gasteiger partial charge in [-0.25, -0.2) is 0 Å². The summed E-state index contributed by atoms with van der Waals surface area (Å²) in [6.45, 7) is 0. The van der Waals surface area contributed by atoms with Crippen molar-refractivity contribution in [2.45, 2.75) is 11.1 Å². The lowest BCUT2D eigenvalue weighted by Gasteiger charge is -2.11. The van der Waals surface area contributed by atoms with Gasteiger partial charge in [0.1, 0.15) is 0 Å². The van der Waals surface area contributed by atoms with Crippen LogP contribution in [-0.4, -0.2) is 10.5 Å². The fourth-order valence-corrected chi connectivity index (χ4v) is 2.41. The highest BCUT2D eigenvalue weighted by Gasteiger charge is 2.33. The van der Waals surface area contributed by atoms with Crippen LogP contribution in [0.1, 0.15) is 11.1 Å². The molecule has 0 radical (unpaired) electrons. The number of rotatable bonds is 2. The SMILES string of the molecule is CS(=O)c1ccc(-c2ccc(C#N)c(C(F)(F)F)c2)cc1. The highest BCUT2D eigenvalue weighted by Crippen LogP contribution is 2.34. The minimum absolute atomic E-state index is 0.356. The van der Waals surface area contributed by atoms with Gasteiger partial charge in [-0.2, -0.15) is 18.4 Å². The van der Waals surface area contributed by atoms with Crippen molar-refractivity contribution >= 4 is 10.8 Å². The molecule has 6 heteroatoms. The molecule has 0 aliphatic heterocycles. The van der Waals surface area contributed by atoms with E-state index in [1.807, 2.05) is 0 Å². The molecule has 1 unspecified atom stereocenters. The fourth-order valence-electron chi connectivity index (χ4n) is 1.89. The molecule has 0 spiro atoms. The maximum absolute atomic E-state index is 12.9. The third-order valence-electron chi connectivity index (χ3n) is 2.96. The summed E-state index contributed by atoms with van der Waals surface area (Å²) in [4.78, 5) is 0.600. The minimum Gasteiger partial charge on any atom is -0.255 e. The summed E-state index contributed by atoms with van der Waals surface area (Å²) < 4.78 is 50.0. The van der Waals surface area contributed by atoms with Crippen molar-refractivity contribution in [1.82, 2.24) is 0 Å². The van der Waals surface area contributed by atoms with Crippen LogP contribution in [0.25, 0.3) is 11.1 Å². The molecule has 0 saturated carbocycles. The highest BCUT2D eigenvalue weighted by molar-refractivity contribution is 7.84. The molecule has 0 aliphatic rings. The summed E-state index contributed by atoms with van der Waals surface area (Å²) in [7, 11) is -1.14. The Hall–Kier alpha value is -2.13. The maximum atomic E-state index is 12.9. The van der Waals surface area contributed by atoms with Gasteiger partial charge in [-0.1, -0.05) is 18.2 Å². The first kappa shape index (κ1) is 15.3. The summed E-state index contributed by atoms with van der Waals surface area (Å²) in [5, 5.41) is 8.76. The molecule has 0 fully saturated rings. The van der Waals surface area contributed by atoms with E-state index in [1.165, 1.54) is 12.3 Å². The molecule has 21 heavy (non-hydrogen) atoms. The zero-order valence-corrected chi connectivity index (χ0v) is 11.8. The van der Waals surface area contributed by atoms with E-state index in [9.17, 15) is 17.4 Å². The molecule has 2 nitrogen and oxygen atoms in total. The van der Waals surface area contributed by atoms with Gasteiger partial charge in [-0.05, 0) is 35.4 Å². The Morgan fingerprint density at radius 3 is 2.10 bits per heavy atom. The third-order valence-corrected chi connectivity index (χ3v) is 3.90. The first-order valence-corrected chi connectivity index (χ1v) is 7.44. The number of nitriles is 1. The average Bonchev–Trinajstić information content (AvgIpc) is 2.45. The zero-order chi connectivity index (χ0) is 15.6. The van der Waals surface area contributed by atoms with Crippen molar-refractivity contribution in [3.05, 3.63) is 53.6 Å². The van der Waals surface area contributed by atoms with Crippen molar-refractivity contribution in [2.75, 3.05) is 6.26 Å². The van der Waals surface area contributed by atoms with Crippen LogP contribution in [0, 0.1) is 11.3 Å². The Bertz CT molecular complexity index is 730. The Balaban J connectivity index is 2.50. The van der Waals surface area contributed by atoms with Gasteiger partial charge in [0, 0.05) is 22.0 Å². The van der Waals surface area contributed by atoms with E-state index in [0.29, 0.717) is 16.0 Å². The number of hydrogen-bond acceptors (Lipinski definition) is 2. The number of nitrogens with zero attached hydrogens (tertiary/aromatic N) is 1. The predicted molar refractivity (Wildman–Crippen MR) is 73.9 cm³/mol. The van der Waals surface area contributed by atoms with Gasteiger partial charge in [-0.15, -0.1) is 0 Å². The summed E-state index contributed by atoms with van der Waals surface area (Å²) in [5.41, 5.74) is -0.433. The first-order chi connectivity index (χ1) is 9.82. The van der Waals surface area contributed by atoms with Gasteiger partial charge in [0.2, 0.25) is 0 Å². The highest BCUT2D eigenvalue weighted by atomic mass is 32.2. The number of halogens is 3. The van der Waals surface area contributed by atoms with E-state index in [-0.39, 0.29) is 0 Å². The maximum Gasteiger partial charge on any atom is 0.417 e. The van der Waals surface area contributed by atoms with Gasteiger partial charge in [-0.3, -0.25) is 4.21 Å². The lowest BCUT2D eigenvalue weighted by molar-refractivity contribution is -0.137. The quantitative estimate of drug-likeness (QED) is 0.842. The van der Waals surface area contributed by atoms with Crippen LogP contribution in [0.4, 0.5) is 13.2 Å². The predicted octanol–water partition coefficient (Wildman–Crippen LogP) is 3.98. The molecule has 2 aromatic rings. The normalized spacial score (nSPS) is 12.7. The van der Waals surface area contributed by atoms with E-state index in [4.69, 9.17) is 5.26 Å². The summed E-state index contributed by atoms with van der Waals surface area (Å²) in [5.74, 6) is 0. The Morgan fingerprint density at radius 2 is 1.62 bits per heavy atom. The standard InChI is InChI=1S/C15H10F3NOS/c1-21(20)13-6-4-10(5-7-13)11-2-3-12(9-19)14(8-11)15(16,17)18/h2-8H,1H3. The summed E-state index contributed by atoms with van der Waals surface area (Å²) in [6, 6.07) is 11.6. The van der Waals surface area contributed by atoms with E-state index in [2.05, 4.69) is 0 Å². The van der Waals surface area contributed by atoms with Crippen LogP contribution < -0.4 is 0 Å². The minimum atomic E-state index is -4.58. The molecule has 0 heterocycles. The third kappa shape index (κ3) is 3.31. The molecule has 0 amide bonds. The molecule has 1 atom stereocenters. The van der Waals surface area contributed by atoms with Crippen molar-refractivity contribution in [2.24, 2.45) is 0 Å². The van der Waals surface area contributed by atoms with Gasteiger partial charge in [0.15, 0.2) is 0 Å². The van der Waals surface area contributed by atoms with E-state index >= 15 is 0 Å². The molecule has 2 rings (SSSR count). The largest absolute Gasteiger partial charge is 0.417 e. The second-order valence-electron chi connectivity index (χ2n) is 4.35. The summed E-state index contributed by atoms with van der Waals surface area (Å²) in [6.07, 6.45) is -3.05. The molecule has 0 N–H and O–H groups in total. The van der Waals surface area contributed by atoms with E-state index < -0.39 is 28.1 Å². The second-order valence-corrected chi connectivity index (χ2v) is 5.73. The number of alkyl halides is 3. The van der Waals surface area contributed by atoms with E-state index in [0.717, 1.165) is 12.1 Å². The molecule has 0 saturated heterocycles. The van der Waals surface area contributed by atoms with Crippen LogP contribution in [-0.2, 0) is 17.0 Å². The first-order valence-electron chi connectivity index (χ1n) is 5.88. The molecule has 108 valence electrons. The molecule has 2 aromatic carbocycles. The van der Waals surface area contributed by atoms with Gasteiger partial charge >= 0.3 is 6.18 Å². The van der Waals surface area contributed by atoms with Crippen LogP contribution >= 0.6 is 0 Å². The topological polar surface area (TPSA) is 40.9 Å². The zero-order valence-electron chi connectivity index (χ0n) is 10.9. The molecule has 0 bridgehead atoms. The molecule has 0 aromatic heterocycles. The smallest absolute Gasteiger partial charge is 0.255 e. The van der Waals surface area contributed by atoms with Gasteiger partial charge < -0.3 is 0 Å². The molecule has 0 aliphatic carbocycles. The van der Waals surface area contributed by atoms with Crippen LogP contribution in [0.5, 0.6) is 0 Å². The van der Waals surface area contributed by atoms with Crippen molar-refractivity contribution in [1.29, 1.82) is 5.26 Å². The van der Waals surface area contributed by atoms with Gasteiger partial charge in [0.25, 0.3) is 0 Å². The Labute approximate surface area is 122 Å². The van der Waals surface area contributed by atoms with Crippen LogP contribution in [0.15, 0.2) is 47.4 Å². The molecular weight excluding hydrogens is 299 g/mol. The average molecular weight is 309 g/mol. The lowest BCUT2D eigenvalue weighted by Crippen LogP contribution is -2.07. The van der Waals surface area contributed by atoms with Crippen LogP contribution in [0.3, 0.4) is 0 Å². The van der Waals surface area contributed by atoms with Crippen LogP contribution in [0.2, 0.25) is 0 Å². The van der Waals surface area contributed by atoms with Crippen molar-refractivity contribution in [3.63, 3.8) is 0 Å². The monoisotopic (exact) mass is 309 g/mol. The molecular formula is C15H10F3NOS. The Kier molecular flexibility index (Phi) is 4.14. The lowest BCUT2D eigenvalue weighted by atomic mass is 9.99. The Morgan fingerprint density at radius 1 is 1.05 bits per heavy atom. The van der Waals surface area contributed by atoms with Gasteiger partial charge in [0.05, 0.1) is 17.2 Å². The summed E-state index contributed by atoms with van der Waals surface area (Å²) >= 11 is 0.